The number of nitrogens with two attached hydrogens (primary N) is 1. The highest BCUT2D eigenvalue weighted by atomic mass is 16.4. The molecule has 3 aromatic carbocycles. The standard InChI is InChI=1S/C38H40N6O7/c1-2-18-44(22-24-10-15-30-29(20-24)35(48)43-38(39)42-30)28-13-11-26(12-14-28)34(47)40-31(16-17-33(45)46)36(49)41-32(37(50)51)21-23-6-5-9-27(19-23)25-7-3-4-8-25/h1,5-6,9-15,19-20,25,31-32H,3-4,7-8,16-18,21-22H2,(H,40,47)(H,41,49)(H,45,46)(H,50,51)(H3,39,42,43,48)/t31-,32-/m0/s1. The Morgan fingerprint density at radius 1 is 0.980 bits per heavy atom. The molecule has 1 fully saturated rings. The number of nitrogen functional groups attached to an aromatic ring is 1. The Morgan fingerprint density at radius 2 is 1.73 bits per heavy atom. The number of benzene rings is 3. The van der Waals surface area contributed by atoms with Crippen molar-refractivity contribution in [2.75, 3.05) is 17.2 Å². The maximum absolute atomic E-state index is 13.4. The van der Waals surface area contributed by atoms with E-state index in [-0.39, 0.29) is 36.5 Å². The van der Waals surface area contributed by atoms with E-state index in [1.165, 1.54) is 12.1 Å². The largest absolute Gasteiger partial charge is 0.481 e. The highest BCUT2D eigenvalue weighted by molar-refractivity contribution is 5.98. The first-order chi connectivity index (χ1) is 24.5. The van der Waals surface area contributed by atoms with E-state index in [2.05, 4.69) is 26.5 Å². The number of hydrogen-bond acceptors (Lipinski definition) is 8. The molecule has 1 aliphatic carbocycles. The van der Waals surface area contributed by atoms with Gasteiger partial charge < -0.3 is 31.5 Å². The number of aliphatic carboxylic acids is 2. The fourth-order valence-electron chi connectivity index (χ4n) is 6.41. The van der Waals surface area contributed by atoms with Crippen LogP contribution in [0.15, 0.2) is 71.5 Å². The lowest BCUT2D eigenvalue weighted by molar-refractivity contribution is -0.142. The van der Waals surface area contributed by atoms with Crippen LogP contribution in [0.25, 0.3) is 10.9 Å². The molecule has 4 aromatic rings. The molecule has 51 heavy (non-hydrogen) atoms. The molecular weight excluding hydrogens is 652 g/mol. The zero-order valence-corrected chi connectivity index (χ0v) is 27.9. The maximum atomic E-state index is 13.4. The van der Waals surface area contributed by atoms with E-state index < -0.39 is 42.3 Å². The van der Waals surface area contributed by atoms with Gasteiger partial charge in [0.15, 0.2) is 0 Å². The van der Waals surface area contributed by atoms with Crippen LogP contribution in [-0.2, 0) is 27.3 Å². The van der Waals surface area contributed by atoms with Crippen molar-refractivity contribution in [3.8, 4) is 12.3 Å². The average molecular weight is 693 g/mol. The van der Waals surface area contributed by atoms with Gasteiger partial charge in [-0.15, -0.1) is 6.42 Å². The summed E-state index contributed by atoms with van der Waals surface area (Å²) in [6.07, 6.45) is 9.48. The summed E-state index contributed by atoms with van der Waals surface area (Å²) < 4.78 is 0. The van der Waals surface area contributed by atoms with Crippen LogP contribution in [0, 0.1) is 12.3 Å². The first kappa shape index (κ1) is 36.1. The number of hydrogen-bond donors (Lipinski definition) is 6. The van der Waals surface area contributed by atoms with E-state index in [1.807, 2.05) is 35.2 Å². The predicted octanol–water partition coefficient (Wildman–Crippen LogP) is 3.58. The summed E-state index contributed by atoms with van der Waals surface area (Å²) in [5.41, 5.74) is 9.29. The predicted molar refractivity (Wildman–Crippen MR) is 192 cm³/mol. The molecule has 13 nitrogen and oxygen atoms in total. The van der Waals surface area contributed by atoms with E-state index in [0.29, 0.717) is 29.1 Å². The van der Waals surface area contributed by atoms with Gasteiger partial charge in [0.1, 0.15) is 12.1 Å². The van der Waals surface area contributed by atoms with Crippen molar-refractivity contribution in [2.45, 2.75) is 69.5 Å². The van der Waals surface area contributed by atoms with Gasteiger partial charge in [0.25, 0.3) is 11.5 Å². The number of carboxylic acid groups (broad SMARTS) is 2. The quantitative estimate of drug-likeness (QED) is 0.0998. The van der Waals surface area contributed by atoms with Crippen molar-refractivity contribution >= 4 is 46.3 Å². The topological polar surface area (TPSA) is 208 Å². The number of fused-ring (bicyclic) bond motifs is 1. The van der Waals surface area contributed by atoms with Gasteiger partial charge in [0, 0.05) is 30.6 Å². The van der Waals surface area contributed by atoms with Crippen LogP contribution in [0.2, 0.25) is 0 Å². The minimum absolute atomic E-state index is 0.0207. The number of nitrogens with zero attached hydrogens (tertiary/aromatic N) is 2. The zero-order valence-electron chi connectivity index (χ0n) is 27.9. The molecule has 2 atom stereocenters. The summed E-state index contributed by atoms with van der Waals surface area (Å²) in [6, 6.07) is 16.8. The molecule has 1 aliphatic rings. The summed E-state index contributed by atoms with van der Waals surface area (Å²) in [5.74, 6) is -0.799. The fourth-order valence-corrected chi connectivity index (χ4v) is 6.41. The Bertz CT molecular complexity index is 2010. The van der Waals surface area contributed by atoms with Crippen molar-refractivity contribution in [3.05, 3.63) is 99.3 Å². The number of terminal acetylenes is 1. The van der Waals surface area contributed by atoms with E-state index in [4.69, 9.17) is 12.2 Å². The Hall–Kier alpha value is -6.16. The zero-order chi connectivity index (χ0) is 36.5. The van der Waals surface area contributed by atoms with Crippen molar-refractivity contribution < 1.29 is 29.4 Å². The van der Waals surface area contributed by atoms with Gasteiger partial charge in [0.2, 0.25) is 11.9 Å². The summed E-state index contributed by atoms with van der Waals surface area (Å²) in [4.78, 5) is 71.2. The molecule has 0 unspecified atom stereocenters. The molecule has 0 spiro atoms. The molecule has 1 heterocycles. The van der Waals surface area contributed by atoms with Crippen LogP contribution in [0.4, 0.5) is 11.6 Å². The minimum Gasteiger partial charge on any atom is -0.481 e. The molecule has 1 aromatic heterocycles. The van der Waals surface area contributed by atoms with Crippen LogP contribution in [0.3, 0.4) is 0 Å². The van der Waals surface area contributed by atoms with Gasteiger partial charge in [-0.3, -0.25) is 24.2 Å². The van der Waals surface area contributed by atoms with Crippen molar-refractivity contribution in [3.63, 3.8) is 0 Å². The van der Waals surface area contributed by atoms with Crippen molar-refractivity contribution in [1.29, 1.82) is 0 Å². The summed E-state index contributed by atoms with van der Waals surface area (Å²) in [7, 11) is 0. The highest BCUT2D eigenvalue weighted by Crippen LogP contribution is 2.34. The first-order valence-corrected chi connectivity index (χ1v) is 16.7. The lowest BCUT2D eigenvalue weighted by Crippen LogP contribution is -2.52. The third-order valence-electron chi connectivity index (χ3n) is 9.04. The normalized spacial score (nSPS) is 13.9. The second kappa shape index (κ2) is 16.5. The molecule has 0 aliphatic heterocycles. The molecule has 7 N–H and O–H groups in total. The lowest BCUT2D eigenvalue weighted by Gasteiger charge is -2.23. The summed E-state index contributed by atoms with van der Waals surface area (Å²) in [5, 5.41) is 24.7. The smallest absolute Gasteiger partial charge is 0.326 e. The Morgan fingerprint density at radius 3 is 2.41 bits per heavy atom. The summed E-state index contributed by atoms with van der Waals surface area (Å²) >= 11 is 0. The molecule has 5 rings (SSSR count). The van der Waals surface area contributed by atoms with Gasteiger partial charge in [-0.25, -0.2) is 9.78 Å². The highest BCUT2D eigenvalue weighted by Gasteiger charge is 2.28. The van der Waals surface area contributed by atoms with Crippen LogP contribution < -0.4 is 26.8 Å². The lowest BCUT2D eigenvalue weighted by atomic mass is 9.94. The van der Waals surface area contributed by atoms with Crippen molar-refractivity contribution in [1.82, 2.24) is 20.6 Å². The third-order valence-corrected chi connectivity index (χ3v) is 9.04. The number of rotatable bonds is 15. The van der Waals surface area contributed by atoms with Crippen LogP contribution in [0.5, 0.6) is 0 Å². The number of aromatic amines is 1. The second-order valence-electron chi connectivity index (χ2n) is 12.7. The average Bonchev–Trinajstić information content (AvgIpc) is 3.65. The van der Waals surface area contributed by atoms with Crippen LogP contribution in [0.1, 0.15) is 71.5 Å². The molecule has 0 saturated heterocycles. The Kier molecular flexibility index (Phi) is 11.7. The molecular formula is C38H40N6O7. The number of carbonyl (C=O) groups excluding carboxylic acids is 2. The number of carboxylic acids is 2. The van der Waals surface area contributed by atoms with Gasteiger partial charge in [0.05, 0.1) is 17.4 Å². The summed E-state index contributed by atoms with van der Waals surface area (Å²) in [6.45, 7) is 0.551. The number of carbonyl (C=O) groups is 4. The molecule has 2 amide bonds. The second-order valence-corrected chi connectivity index (χ2v) is 12.7. The number of amides is 2. The molecule has 0 radical (unpaired) electrons. The van der Waals surface area contributed by atoms with Gasteiger partial charge >= 0.3 is 11.9 Å². The van der Waals surface area contributed by atoms with E-state index in [1.54, 1.807) is 24.3 Å². The van der Waals surface area contributed by atoms with Gasteiger partial charge in [-0.1, -0.05) is 49.1 Å². The van der Waals surface area contributed by atoms with Gasteiger partial charge in [-0.05, 0) is 78.3 Å². The van der Waals surface area contributed by atoms with E-state index >= 15 is 0 Å². The maximum Gasteiger partial charge on any atom is 0.326 e. The van der Waals surface area contributed by atoms with Crippen molar-refractivity contribution in [2.24, 2.45) is 0 Å². The Labute approximate surface area is 294 Å². The number of aromatic nitrogens is 2. The molecule has 13 heteroatoms. The number of anilines is 2. The first-order valence-electron chi connectivity index (χ1n) is 16.7. The molecule has 1 saturated carbocycles. The van der Waals surface area contributed by atoms with Gasteiger partial charge in [-0.2, -0.15) is 0 Å². The monoisotopic (exact) mass is 692 g/mol. The molecule has 264 valence electrons. The molecule has 0 bridgehead atoms. The van der Waals surface area contributed by atoms with Crippen LogP contribution in [-0.4, -0.2) is 62.6 Å². The fraction of sp³-hybridized carbons (Fsp3) is 0.316. The third kappa shape index (κ3) is 9.51. The van der Waals surface area contributed by atoms with E-state index in [9.17, 15) is 34.2 Å². The van der Waals surface area contributed by atoms with E-state index in [0.717, 1.165) is 42.4 Å². The number of nitrogens with one attached hydrogen (secondary N) is 3. The Balaban J connectivity index is 1.27. The number of H-pyrrole nitrogens is 1. The SMILES string of the molecule is C#CCN(Cc1ccc2nc(N)[nH]c(=O)c2c1)c1ccc(C(=O)N[C@@H](CCC(=O)O)C(=O)N[C@@H](Cc2cccc(C3CCCC3)c2)C(=O)O)cc1. The van der Waals surface area contributed by atoms with Crippen LogP contribution >= 0.6 is 0 Å². The minimum atomic E-state index is -1.31.